The quantitative estimate of drug-likeness (QED) is 0.118. The summed E-state index contributed by atoms with van der Waals surface area (Å²) in [5.41, 5.74) is 5.99. The maximum Gasteiger partial charge on any atom is 0.268 e. The molecular weight excluding hydrogens is 1250 g/mol. The molecule has 0 bridgehead atoms. The minimum absolute atomic E-state index is 0. The van der Waals surface area contributed by atoms with E-state index in [9.17, 15) is 11.0 Å². The molecule has 3 aromatic heterocycles. The summed E-state index contributed by atoms with van der Waals surface area (Å²) in [6.07, 6.45) is 7.06. The number of fused-ring (bicyclic) bond motifs is 11. The number of rotatable bonds is 7. The van der Waals surface area contributed by atoms with E-state index in [2.05, 4.69) is 95.8 Å². The van der Waals surface area contributed by atoms with Crippen LogP contribution in [-0.4, -0.2) is 14.1 Å². The molecule has 13 aromatic rings. The summed E-state index contributed by atoms with van der Waals surface area (Å²) in [6.45, 7) is 3.21. The molecule has 0 saturated heterocycles. The standard InChI is InChI=1S/C82H70N4O.Pt/c1-50-22-19-23-51(2)76(50)56-41-68-66-48-71-70(81(8,9)37-38-82(71,10)11)47-65(66)61-30-15-16-31-62(61)67-40-55(54-26-13-12-14-27-54)43-74-79(67)85(78(68)69(42-56)77-52(3)24-20-25-53(77)4)49-84(74)58-28-21-29-59(45-58)87-60-34-35-64-63-32-17-18-33-72(63)86(73(64)46-60)75-44-57(36-39-83-75)80(5,6)7;/h12-36,39-44,47-48H,37-38H2,1-11H3;/q-2;/i1D3,2D3,3D3,4D3,12D,13D,14D,26D,27D;. The number of benzene rings is 10. The van der Waals surface area contributed by atoms with E-state index in [0.29, 0.717) is 61.5 Å². The molecular formula is C82H70N4OPt-2. The Hall–Kier alpha value is -8.89. The number of aromatic nitrogens is 4. The first-order valence-electron chi connectivity index (χ1n) is 37.8. The van der Waals surface area contributed by atoms with Gasteiger partial charge in [-0.25, -0.2) is 4.98 Å². The minimum atomic E-state index is -3.03. The van der Waals surface area contributed by atoms with Gasteiger partial charge < -0.3 is 13.9 Å². The second kappa shape index (κ2) is 21.2. The van der Waals surface area contributed by atoms with Crippen molar-refractivity contribution in [3.05, 3.63) is 258 Å². The van der Waals surface area contributed by atoms with Crippen LogP contribution in [0.4, 0.5) is 0 Å². The van der Waals surface area contributed by atoms with Crippen molar-refractivity contribution in [3.8, 4) is 95.5 Å². The van der Waals surface area contributed by atoms with Crippen molar-refractivity contribution in [2.24, 2.45) is 0 Å². The van der Waals surface area contributed by atoms with Crippen LogP contribution >= 0.6 is 0 Å². The average Bonchev–Trinajstić information content (AvgIpc) is 1.63. The van der Waals surface area contributed by atoms with Crippen LogP contribution in [-0.2, 0) is 37.3 Å². The molecule has 0 fully saturated rings. The van der Waals surface area contributed by atoms with Crippen molar-refractivity contribution < 1.29 is 53.7 Å². The molecule has 6 heteroatoms. The van der Waals surface area contributed by atoms with Crippen LogP contribution in [0.5, 0.6) is 11.5 Å². The fourth-order valence-electron chi connectivity index (χ4n) is 13.4. The van der Waals surface area contributed by atoms with Gasteiger partial charge in [-0.3, -0.25) is 4.57 Å². The van der Waals surface area contributed by atoms with Gasteiger partial charge in [0.1, 0.15) is 5.82 Å². The summed E-state index contributed by atoms with van der Waals surface area (Å²) >= 11 is 0. The molecule has 0 saturated carbocycles. The second-order valence-corrected chi connectivity index (χ2v) is 25.4. The summed E-state index contributed by atoms with van der Waals surface area (Å²) in [4.78, 5) is 4.87. The van der Waals surface area contributed by atoms with E-state index in [4.69, 9.17) is 22.1 Å². The third-order valence-electron chi connectivity index (χ3n) is 18.0. The largest absolute Gasteiger partial charge is 0.510 e. The van der Waals surface area contributed by atoms with Crippen LogP contribution in [0.1, 0.15) is 124 Å². The van der Waals surface area contributed by atoms with Crippen LogP contribution in [0, 0.1) is 45.9 Å². The van der Waals surface area contributed by atoms with Gasteiger partial charge in [-0.05, 0) is 216 Å². The molecule has 1 aliphatic heterocycles. The molecule has 10 aromatic carbocycles. The molecule has 1 aliphatic carbocycles. The maximum atomic E-state index is 9.54. The van der Waals surface area contributed by atoms with Crippen LogP contribution < -0.4 is 9.30 Å². The number of aryl methyl sites for hydroxylation is 4. The summed E-state index contributed by atoms with van der Waals surface area (Å²) in [5.74, 6) is 1.22. The summed E-state index contributed by atoms with van der Waals surface area (Å²) in [7, 11) is 0. The normalized spacial score (nSPS) is 17.2. The van der Waals surface area contributed by atoms with Gasteiger partial charge in [0, 0.05) is 60.7 Å². The number of nitrogens with zero attached hydrogens (tertiary/aromatic N) is 4. The van der Waals surface area contributed by atoms with Crippen molar-refractivity contribution in [2.75, 3.05) is 0 Å². The fraction of sp³-hybridized carbons (Fsp3) is 0.195. The Morgan fingerprint density at radius 3 is 1.85 bits per heavy atom. The number of para-hydroxylation sites is 1. The number of hydrogen-bond acceptors (Lipinski definition) is 2. The topological polar surface area (TPSA) is 35.9 Å². The van der Waals surface area contributed by atoms with Crippen molar-refractivity contribution in [1.82, 2.24) is 14.1 Å². The molecule has 2 aliphatic rings. The van der Waals surface area contributed by atoms with Gasteiger partial charge in [-0.1, -0.05) is 175 Å². The maximum absolute atomic E-state index is 9.54. The number of ether oxygens (including phenoxy) is 1. The Morgan fingerprint density at radius 2 is 1.16 bits per heavy atom. The van der Waals surface area contributed by atoms with Gasteiger partial charge in [0.05, 0.1) is 23.6 Å². The molecule has 0 atom stereocenters. The first-order chi connectivity index (χ1) is 48.8. The summed E-state index contributed by atoms with van der Waals surface area (Å²) in [6, 6.07) is 52.3. The van der Waals surface area contributed by atoms with E-state index in [1.54, 1.807) is 51.7 Å². The Kier molecular flexibility index (Phi) is 9.75. The predicted molar refractivity (Wildman–Crippen MR) is 359 cm³/mol. The van der Waals surface area contributed by atoms with Crippen LogP contribution in [0.15, 0.2) is 200 Å². The molecule has 0 radical (unpaired) electrons. The molecule has 0 unspecified atom stereocenters. The van der Waals surface area contributed by atoms with Crippen molar-refractivity contribution in [2.45, 2.75) is 105 Å². The molecule has 0 spiro atoms. The van der Waals surface area contributed by atoms with Crippen LogP contribution in [0.3, 0.4) is 0 Å². The minimum Gasteiger partial charge on any atom is -0.510 e. The van der Waals surface area contributed by atoms with Crippen molar-refractivity contribution in [3.63, 3.8) is 0 Å². The van der Waals surface area contributed by atoms with E-state index >= 15 is 0 Å². The van der Waals surface area contributed by atoms with E-state index < -0.39 is 68.4 Å². The molecule has 436 valence electrons. The zero-order valence-electron chi connectivity index (χ0n) is 66.6. The summed E-state index contributed by atoms with van der Waals surface area (Å²) < 4.78 is 169. The zero-order valence-corrected chi connectivity index (χ0v) is 51.9. The third-order valence-corrected chi connectivity index (χ3v) is 18.0. The molecule has 0 N–H and O–H groups in total. The molecule has 0 amide bonds. The van der Waals surface area contributed by atoms with Gasteiger partial charge in [-0.15, -0.1) is 29.7 Å². The molecule has 5 nitrogen and oxygen atoms in total. The van der Waals surface area contributed by atoms with E-state index in [-0.39, 0.29) is 99.2 Å². The van der Waals surface area contributed by atoms with E-state index in [1.807, 2.05) is 60.7 Å². The Labute approximate surface area is 556 Å². The number of hydrogen-bond donors (Lipinski definition) is 0. The Bertz CT molecular complexity index is 5700. The fourth-order valence-corrected chi connectivity index (χ4v) is 13.4. The third kappa shape index (κ3) is 9.30. The van der Waals surface area contributed by atoms with Gasteiger partial charge in [0.2, 0.25) is 0 Å². The average molecular weight is 1340 g/mol. The monoisotopic (exact) mass is 1340 g/mol. The second-order valence-electron chi connectivity index (χ2n) is 25.4. The first-order valence-corrected chi connectivity index (χ1v) is 29.3. The zero-order chi connectivity index (χ0) is 74.2. The summed E-state index contributed by atoms with van der Waals surface area (Å²) in [5, 5.41) is 1.88. The molecule has 15 rings (SSSR count). The predicted octanol–water partition coefficient (Wildman–Crippen LogP) is 20.8. The number of imidazole rings is 1. The smallest absolute Gasteiger partial charge is 0.268 e. The Morgan fingerprint density at radius 1 is 0.545 bits per heavy atom. The van der Waals surface area contributed by atoms with E-state index in [1.165, 1.54) is 42.5 Å². The first kappa shape index (κ1) is 40.5. The molecule has 4 heterocycles. The Balaban J connectivity index is 0.00000928. The van der Waals surface area contributed by atoms with Crippen molar-refractivity contribution in [1.29, 1.82) is 0 Å². The van der Waals surface area contributed by atoms with Gasteiger partial charge >= 0.3 is 0 Å². The van der Waals surface area contributed by atoms with Gasteiger partial charge in [0.25, 0.3) is 6.33 Å². The van der Waals surface area contributed by atoms with Crippen LogP contribution in [0.25, 0.3) is 117 Å². The number of pyridine rings is 1. The van der Waals surface area contributed by atoms with Crippen molar-refractivity contribution >= 4 is 32.8 Å². The van der Waals surface area contributed by atoms with Gasteiger partial charge in [-0.2, -0.15) is 18.2 Å². The molecule has 88 heavy (non-hydrogen) atoms. The SMILES string of the molecule is [2H]c1c([2H])c([2H])c(-c2cc3c4c(c2)n(-c2[c-]c(Oc5[c-]c6c(cc5)c5ccccc5n6-c5cc(C(C)(C)C)ccn5)ccc2)[c-][n+]4-c2c(cc(-c4c(C([2H])([2H])[2H])cccc4C([2H])([2H])[2H])cc2-c2c(C([2H])([2H])[2H])cccc2C([2H])([2H])[2H])-c2cc4c(cc2-c2ccccc2-3)C(C)(C)CCC4(C)C)c([2H])c1[2H].[Pt]. The van der Waals surface area contributed by atoms with Crippen LogP contribution in [0.2, 0.25) is 0 Å². The van der Waals surface area contributed by atoms with Gasteiger partial charge in [0.15, 0.2) is 0 Å². The van der Waals surface area contributed by atoms with E-state index in [0.717, 1.165) is 45.8 Å².